The number of amides is 2. The van der Waals surface area contributed by atoms with E-state index in [1.807, 2.05) is 60.5 Å². The van der Waals surface area contributed by atoms with Gasteiger partial charge in [-0.2, -0.15) is 0 Å². The van der Waals surface area contributed by atoms with Crippen LogP contribution >= 0.6 is 0 Å². The third-order valence-electron chi connectivity index (χ3n) is 7.10. The molecule has 1 aromatic heterocycles. The Morgan fingerprint density at radius 1 is 0.973 bits per heavy atom. The van der Waals surface area contributed by atoms with Crippen LogP contribution in [0.2, 0.25) is 0 Å². The summed E-state index contributed by atoms with van der Waals surface area (Å²) in [5.74, 6) is -0.438. The van der Waals surface area contributed by atoms with Crippen molar-refractivity contribution in [2.45, 2.75) is 58.2 Å². The van der Waals surface area contributed by atoms with E-state index in [0.717, 1.165) is 42.5 Å². The third-order valence-corrected chi connectivity index (χ3v) is 7.10. The molecule has 1 aliphatic rings. The first-order valence-corrected chi connectivity index (χ1v) is 13.2. The van der Waals surface area contributed by atoms with Crippen LogP contribution in [0.5, 0.6) is 0 Å². The predicted molar refractivity (Wildman–Crippen MR) is 145 cm³/mol. The van der Waals surface area contributed by atoms with Gasteiger partial charge in [0, 0.05) is 37.1 Å². The molecule has 37 heavy (non-hydrogen) atoms. The highest BCUT2D eigenvalue weighted by atomic mass is 19.1. The minimum Gasteiger partial charge on any atom is -0.345 e. The Kier molecular flexibility index (Phi) is 9.30. The van der Waals surface area contributed by atoms with Crippen molar-refractivity contribution in [3.05, 3.63) is 102 Å². The third kappa shape index (κ3) is 7.42. The first kappa shape index (κ1) is 26.4. The Morgan fingerprint density at radius 2 is 1.70 bits per heavy atom. The highest BCUT2D eigenvalue weighted by molar-refractivity contribution is 5.94. The highest BCUT2D eigenvalue weighted by Crippen LogP contribution is 2.25. The number of likely N-dealkylation sites (N-methyl/N-ethyl adjacent to an activating group) is 1. The van der Waals surface area contributed by atoms with Crippen LogP contribution in [0, 0.1) is 5.82 Å². The summed E-state index contributed by atoms with van der Waals surface area (Å²) in [5.41, 5.74) is 2.98. The zero-order valence-electron chi connectivity index (χ0n) is 21.6. The van der Waals surface area contributed by atoms with Gasteiger partial charge in [-0.1, -0.05) is 61.7 Å². The van der Waals surface area contributed by atoms with Crippen molar-refractivity contribution in [2.24, 2.45) is 0 Å². The van der Waals surface area contributed by atoms with Crippen molar-refractivity contribution < 1.29 is 14.0 Å². The number of nitrogens with zero attached hydrogens (tertiary/aromatic N) is 3. The zero-order chi connectivity index (χ0) is 26.0. The summed E-state index contributed by atoms with van der Waals surface area (Å²) in [6.45, 7) is 3.52. The molecule has 1 heterocycles. The predicted octanol–water partition coefficient (Wildman–Crippen LogP) is 5.90. The second-order valence-corrected chi connectivity index (χ2v) is 9.66. The summed E-state index contributed by atoms with van der Waals surface area (Å²) in [4.78, 5) is 30.2. The summed E-state index contributed by atoms with van der Waals surface area (Å²) >= 11 is 0. The Balaban J connectivity index is 1.48. The Morgan fingerprint density at radius 3 is 2.41 bits per heavy atom. The SMILES string of the molecule is CCN(CC(=O)N(Cc1cccn1Cc1ccc(F)cc1)C1CCCCC1)C(=O)/C=C/c1ccccc1. The minimum absolute atomic E-state index is 0.0234. The van der Waals surface area contributed by atoms with Gasteiger partial charge in [-0.25, -0.2) is 4.39 Å². The molecule has 6 heteroatoms. The number of benzene rings is 2. The van der Waals surface area contributed by atoms with E-state index in [2.05, 4.69) is 4.57 Å². The molecule has 1 fully saturated rings. The van der Waals surface area contributed by atoms with E-state index >= 15 is 0 Å². The van der Waals surface area contributed by atoms with Crippen LogP contribution in [-0.2, 0) is 22.7 Å². The summed E-state index contributed by atoms with van der Waals surface area (Å²) in [6, 6.07) is 20.4. The molecule has 2 aromatic carbocycles. The fourth-order valence-corrected chi connectivity index (χ4v) is 4.96. The molecule has 0 saturated heterocycles. The summed E-state index contributed by atoms with van der Waals surface area (Å²) in [5, 5.41) is 0. The van der Waals surface area contributed by atoms with E-state index in [0.29, 0.717) is 19.6 Å². The molecule has 0 aliphatic heterocycles. The van der Waals surface area contributed by atoms with Gasteiger partial charge >= 0.3 is 0 Å². The molecule has 5 nitrogen and oxygen atoms in total. The van der Waals surface area contributed by atoms with Crippen molar-refractivity contribution in [2.75, 3.05) is 13.1 Å². The molecule has 0 atom stereocenters. The maximum Gasteiger partial charge on any atom is 0.247 e. The molecule has 1 aliphatic carbocycles. The smallest absolute Gasteiger partial charge is 0.247 e. The number of hydrogen-bond donors (Lipinski definition) is 0. The van der Waals surface area contributed by atoms with Gasteiger partial charge in [-0.3, -0.25) is 9.59 Å². The Labute approximate surface area is 219 Å². The average Bonchev–Trinajstić information content (AvgIpc) is 3.37. The van der Waals surface area contributed by atoms with Crippen LogP contribution in [0.25, 0.3) is 6.08 Å². The molecule has 0 bridgehead atoms. The van der Waals surface area contributed by atoms with Gasteiger partial charge in [-0.05, 0) is 61.2 Å². The van der Waals surface area contributed by atoms with Gasteiger partial charge < -0.3 is 14.4 Å². The molecule has 194 valence electrons. The van der Waals surface area contributed by atoms with Crippen LogP contribution in [0.15, 0.2) is 79.0 Å². The lowest BCUT2D eigenvalue weighted by Gasteiger charge is -2.36. The second kappa shape index (κ2) is 13.0. The number of carbonyl (C=O) groups excluding carboxylic acids is 2. The maximum absolute atomic E-state index is 13.7. The lowest BCUT2D eigenvalue weighted by Crippen LogP contribution is -2.47. The molecule has 0 N–H and O–H groups in total. The van der Waals surface area contributed by atoms with Crippen molar-refractivity contribution in [3.63, 3.8) is 0 Å². The normalized spacial score (nSPS) is 14.1. The topological polar surface area (TPSA) is 45.6 Å². The van der Waals surface area contributed by atoms with Gasteiger partial charge in [0.15, 0.2) is 0 Å². The number of rotatable bonds is 10. The highest BCUT2D eigenvalue weighted by Gasteiger charge is 2.28. The minimum atomic E-state index is -0.251. The van der Waals surface area contributed by atoms with Crippen molar-refractivity contribution in [1.82, 2.24) is 14.4 Å². The summed E-state index contributed by atoms with van der Waals surface area (Å²) in [7, 11) is 0. The first-order valence-electron chi connectivity index (χ1n) is 13.2. The average molecular weight is 502 g/mol. The monoisotopic (exact) mass is 501 g/mol. The molecule has 4 rings (SSSR count). The van der Waals surface area contributed by atoms with E-state index in [1.54, 1.807) is 29.2 Å². The van der Waals surface area contributed by atoms with Crippen LogP contribution in [0.1, 0.15) is 55.8 Å². The quantitative estimate of drug-likeness (QED) is 0.325. The number of carbonyl (C=O) groups is 2. The maximum atomic E-state index is 13.7. The standard InChI is InChI=1S/C31H36FN3O2/c1-2-33(30(36)20-17-25-10-5-3-6-11-25)24-31(37)35(28-12-7-4-8-13-28)23-29-14-9-21-34(29)22-26-15-18-27(32)19-16-26/h3,5-6,9-11,14-21,28H,2,4,7-8,12-13,22-24H2,1H3/b20-17+. The molecule has 0 radical (unpaired) electrons. The largest absolute Gasteiger partial charge is 0.345 e. The molecule has 0 spiro atoms. The number of aromatic nitrogens is 1. The number of halogens is 1. The Hall–Kier alpha value is -3.67. The lowest BCUT2D eigenvalue weighted by molar-refractivity contribution is -0.140. The fourth-order valence-electron chi connectivity index (χ4n) is 4.96. The second-order valence-electron chi connectivity index (χ2n) is 9.66. The Bertz CT molecular complexity index is 1180. The summed E-state index contributed by atoms with van der Waals surface area (Å²) in [6.07, 6.45) is 10.7. The number of hydrogen-bond acceptors (Lipinski definition) is 2. The fraction of sp³-hybridized carbons (Fsp3) is 0.355. The molecule has 0 unspecified atom stereocenters. The first-order chi connectivity index (χ1) is 18.0. The lowest BCUT2D eigenvalue weighted by atomic mass is 9.94. The van der Waals surface area contributed by atoms with Crippen LogP contribution in [0.3, 0.4) is 0 Å². The van der Waals surface area contributed by atoms with Gasteiger partial charge in [0.2, 0.25) is 11.8 Å². The summed E-state index contributed by atoms with van der Waals surface area (Å²) < 4.78 is 15.5. The van der Waals surface area contributed by atoms with Crippen molar-refractivity contribution in [3.8, 4) is 0 Å². The van der Waals surface area contributed by atoms with Crippen LogP contribution in [-0.4, -0.2) is 45.3 Å². The van der Waals surface area contributed by atoms with E-state index in [4.69, 9.17) is 0 Å². The van der Waals surface area contributed by atoms with Crippen LogP contribution < -0.4 is 0 Å². The van der Waals surface area contributed by atoms with E-state index in [9.17, 15) is 14.0 Å². The zero-order valence-corrected chi connectivity index (χ0v) is 21.6. The molecule has 3 aromatic rings. The van der Waals surface area contributed by atoms with E-state index in [1.165, 1.54) is 18.6 Å². The van der Waals surface area contributed by atoms with Crippen LogP contribution in [0.4, 0.5) is 4.39 Å². The van der Waals surface area contributed by atoms with E-state index < -0.39 is 0 Å². The van der Waals surface area contributed by atoms with Gasteiger partial charge in [0.25, 0.3) is 0 Å². The van der Waals surface area contributed by atoms with Gasteiger partial charge in [-0.15, -0.1) is 0 Å². The van der Waals surface area contributed by atoms with Crippen molar-refractivity contribution >= 4 is 17.9 Å². The van der Waals surface area contributed by atoms with Gasteiger partial charge in [0.1, 0.15) is 12.4 Å². The molecule has 1 saturated carbocycles. The molecule has 2 amide bonds. The van der Waals surface area contributed by atoms with E-state index in [-0.39, 0.29) is 30.2 Å². The molecular formula is C31H36FN3O2. The molecular weight excluding hydrogens is 465 g/mol. The van der Waals surface area contributed by atoms with Gasteiger partial charge in [0.05, 0.1) is 6.54 Å². The van der Waals surface area contributed by atoms with Crippen molar-refractivity contribution in [1.29, 1.82) is 0 Å².